The number of carboxylic acids is 1. The monoisotopic (exact) mass is 374 g/mol. The van der Waals surface area contributed by atoms with E-state index in [0.717, 1.165) is 23.5 Å². The van der Waals surface area contributed by atoms with Gasteiger partial charge in [-0.1, -0.05) is 0 Å². The van der Waals surface area contributed by atoms with E-state index in [1.807, 2.05) is 30.1 Å². The molecule has 0 spiro atoms. The van der Waals surface area contributed by atoms with E-state index in [9.17, 15) is 9.59 Å². The van der Waals surface area contributed by atoms with Crippen molar-refractivity contribution < 1.29 is 14.7 Å². The molecule has 0 saturated heterocycles. The maximum atomic E-state index is 12.3. The van der Waals surface area contributed by atoms with Gasteiger partial charge >= 0.3 is 5.97 Å². The first-order valence-electron chi connectivity index (χ1n) is 7.98. The highest BCUT2D eigenvalue weighted by atomic mass is 32.1. The number of hydrogen-bond donors (Lipinski definition) is 2. The van der Waals surface area contributed by atoms with Gasteiger partial charge in [0.15, 0.2) is 10.8 Å². The number of rotatable bonds is 6. The zero-order valence-electron chi connectivity index (χ0n) is 14.5. The third-order valence-corrected chi connectivity index (χ3v) is 4.62. The normalized spacial score (nSPS) is 12.1. The SMILES string of the molecule is CCn1cc(-c2csc(NC(=O)c3ccn(C(C)C(=O)O)n3)n2)c(C)n1. The van der Waals surface area contributed by atoms with Gasteiger partial charge in [0, 0.05) is 29.9 Å². The third-order valence-electron chi connectivity index (χ3n) is 3.87. The topological polar surface area (TPSA) is 115 Å². The molecule has 1 atom stereocenters. The molecule has 0 aliphatic rings. The molecule has 0 aliphatic heterocycles. The van der Waals surface area contributed by atoms with Crippen LogP contribution in [0.5, 0.6) is 0 Å². The lowest BCUT2D eigenvalue weighted by molar-refractivity contribution is -0.140. The Hall–Kier alpha value is -3.01. The quantitative estimate of drug-likeness (QED) is 0.685. The Balaban J connectivity index is 1.74. The van der Waals surface area contributed by atoms with E-state index in [1.165, 1.54) is 35.2 Å². The van der Waals surface area contributed by atoms with Crippen molar-refractivity contribution in [1.29, 1.82) is 0 Å². The van der Waals surface area contributed by atoms with Crippen molar-refractivity contribution >= 4 is 28.3 Å². The van der Waals surface area contributed by atoms with Gasteiger partial charge < -0.3 is 5.11 Å². The fraction of sp³-hybridized carbons (Fsp3) is 0.312. The van der Waals surface area contributed by atoms with Crippen molar-refractivity contribution in [3.8, 4) is 11.3 Å². The smallest absolute Gasteiger partial charge is 0.328 e. The Kier molecular flexibility index (Phi) is 4.85. The van der Waals surface area contributed by atoms with E-state index >= 15 is 0 Å². The summed E-state index contributed by atoms with van der Waals surface area (Å²) in [4.78, 5) is 27.7. The second kappa shape index (κ2) is 7.08. The van der Waals surface area contributed by atoms with Crippen LogP contribution in [0, 0.1) is 6.92 Å². The molecule has 136 valence electrons. The number of carbonyl (C=O) groups excluding carboxylic acids is 1. The van der Waals surface area contributed by atoms with Crippen molar-refractivity contribution in [3.05, 3.63) is 35.2 Å². The fourth-order valence-corrected chi connectivity index (χ4v) is 3.04. The molecular weight excluding hydrogens is 356 g/mol. The molecule has 0 bridgehead atoms. The summed E-state index contributed by atoms with van der Waals surface area (Å²) < 4.78 is 3.06. The number of aliphatic carboxylic acids is 1. The lowest BCUT2D eigenvalue weighted by Crippen LogP contribution is -2.18. The maximum absolute atomic E-state index is 12.3. The van der Waals surface area contributed by atoms with Crippen LogP contribution in [0.25, 0.3) is 11.3 Å². The average Bonchev–Trinajstić information content (AvgIpc) is 3.32. The summed E-state index contributed by atoms with van der Waals surface area (Å²) in [5.74, 6) is -1.46. The van der Waals surface area contributed by atoms with Crippen LogP contribution >= 0.6 is 11.3 Å². The summed E-state index contributed by atoms with van der Waals surface area (Å²) in [5, 5.41) is 22.4. The molecule has 1 amide bonds. The van der Waals surface area contributed by atoms with E-state index in [1.54, 1.807) is 0 Å². The molecule has 9 nitrogen and oxygen atoms in total. The van der Waals surface area contributed by atoms with Crippen LogP contribution in [-0.2, 0) is 11.3 Å². The lowest BCUT2D eigenvalue weighted by Gasteiger charge is -2.05. The Bertz CT molecular complexity index is 957. The van der Waals surface area contributed by atoms with Crippen molar-refractivity contribution in [2.75, 3.05) is 5.32 Å². The zero-order valence-corrected chi connectivity index (χ0v) is 15.3. The second-order valence-electron chi connectivity index (χ2n) is 5.67. The minimum Gasteiger partial charge on any atom is -0.480 e. The Morgan fingerprint density at radius 1 is 1.38 bits per heavy atom. The molecule has 26 heavy (non-hydrogen) atoms. The number of amides is 1. The van der Waals surface area contributed by atoms with Crippen LogP contribution in [-0.4, -0.2) is 41.5 Å². The van der Waals surface area contributed by atoms with E-state index < -0.39 is 17.9 Å². The van der Waals surface area contributed by atoms with Gasteiger partial charge in [-0.15, -0.1) is 11.3 Å². The number of nitrogens with one attached hydrogen (secondary N) is 1. The molecule has 3 aromatic heterocycles. The maximum Gasteiger partial charge on any atom is 0.328 e. The summed E-state index contributed by atoms with van der Waals surface area (Å²) >= 11 is 1.30. The van der Waals surface area contributed by atoms with Crippen LogP contribution in [0.3, 0.4) is 0 Å². The minimum absolute atomic E-state index is 0.129. The molecule has 0 saturated carbocycles. The molecule has 0 radical (unpaired) electrons. The van der Waals surface area contributed by atoms with E-state index in [0.29, 0.717) is 5.13 Å². The number of thiazole rings is 1. The van der Waals surface area contributed by atoms with E-state index in [4.69, 9.17) is 5.11 Å². The van der Waals surface area contributed by atoms with Gasteiger partial charge in [0.1, 0.15) is 6.04 Å². The highest BCUT2D eigenvalue weighted by molar-refractivity contribution is 7.14. The minimum atomic E-state index is -1.02. The molecule has 1 unspecified atom stereocenters. The fourth-order valence-electron chi connectivity index (χ4n) is 2.34. The van der Waals surface area contributed by atoms with Gasteiger partial charge in [-0.25, -0.2) is 9.78 Å². The first kappa shape index (κ1) is 17.8. The number of anilines is 1. The number of aryl methyl sites for hydroxylation is 2. The largest absolute Gasteiger partial charge is 0.480 e. The Morgan fingerprint density at radius 3 is 2.81 bits per heavy atom. The van der Waals surface area contributed by atoms with Crippen molar-refractivity contribution in [1.82, 2.24) is 24.5 Å². The van der Waals surface area contributed by atoms with Crippen molar-refractivity contribution in [2.24, 2.45) is 0 Å². The summed E-state index contributed by atoms with van der Waals surface area (Å²) in [7, 11) is 0. The highest BCUT2D eigenvalue weighted by Crippen LogP contribution is 2.27. The second-order valence-corrected chi connectivity index (χ2v) is 6.53. The summed E-state index contributed by atoms with van der Waals surface area (Å²) in [6.07, 6.45) is 3.38. The highest BCUT2D eigenvalue weighted by Gasteiger charge is 2.18. The number of carbonyl (C=O) groups is 2. The van der Waals surface area contributed by atoms with Gasteiger partial charge in [-0.2, -0.15) is 10.2 Å². The molecule has 2 N–H and O–H groups in total. The predicted molar refractivity (Wildman–Crippen MR) is 96.3 cm³/mol. The summed E-state index contributed by atoms with van der Waals surface area (Å²) in [5.41, 5.74) is 2.66. The number of nitrogens with zero attached hydrogens (tertiary/aromatic N) is 5. The van der Waals surface area contributed by atoms with Gasteiger partial charge in [0.25, 0.3) is 5.91 Å². The van der Waals surface area contributed by atoms with Gasteiger partial charge in [0.2, 0.25) is 0 Å². The van der Waals surface area contributed by atoms with Crippen LogP contribution in [0.4, 0.5) is 5.13 Å². The number of carboxylic acid groups (broad SMARTS) is 1. The first-order chi connectivity index (χ1) is 12.4. The molecule has 0 aliphatic carbocycles. The number of aromatic nitrogens is 5. The molecule has 3 heterocycles. The molecule has 0 aromatic carbocycles. The molecular formula is C16H18N6O3S. The Labute approximate surface area is 153 Å². The van der Waals surface area contributed by atoms with Gasteiger partial charge in [-0.05, 0) is 26.8 Å². The van der Waals surface area contributed by atoms with Crippen LogP contribution < -0.4 is 5.32 Å². The first-order valence-corrected chi connectivity index (χ1v) is 8.86. The molecule has 0 fully saturated rings. The van der Waals surface area contributed by atoms with E-state index in [2.05, 4.69) is 20.5 Å². The van der Waals surface area contributed by atoms with E-state index in [-0.39, 0.29) is 5.69 Å². The van der Waals surface area contributed by atoms with Crippen molar-refractivity contribution in [3.63, 3.8) is 0 Å². The number of hydrogen-bond acceptors (Lipinski definition) is 6. The molecule has 10 heteroatoms. The van der Waals surface area contributed by atoms with Crippen molar-refractivity contribution in [2.45, 2.75) is 33.4 Å². The van der Waals surface area contributed by atoms with Crippen LogP contribution in [0.15, 0.2) is 23.8 Å². The third kappa shape index (κ3) is 3.49. The average molecular weight is 374 g/mol. The standard InChI is InChI=1S/C16H18N6O3S/c1-4-21-7-11(9(2)19-21)13-8-26-16(17-13)18-14(23)12-5-6-22(20-12)10(3)15(24)25/h5-8,10H,4H2,1-3H3,(H,24,25)(H,17,18,23). The van der Waals surface area contributed by atoms with Gasteiger partial charge in [0.05, 0.1) is 11.4 Å². The predicted octanol–water partition coefficient (Wildman–Crippen LogP) is 2.43. The zero-order chi connectivity index (χ0) is 18.8. The Morgan fingerprint density at radius 2 is 2.15 bits per heavy atom. The molecule has 3 rings (SSSR count). The van der Waals surface area contributed by atoms with Crippen LogP contribution in [0.2, 0.25) is 0 Å². The van der Waals surface area contributed by atoms with Gasteiger partial charge in [-0.3, -0.25) is 19.5 Å². The molecule has 3 aromatic rings. The van der Waals surface area contributed by atoms with Crippen LogP contribution in [0.1, 0.15) is 36.1 Å². The summed E-state index contributed by atoms with van der Waals surface area (Å²) in [6, 6.07) is 0.625. The lowest BCUT2D eigenvalue weighted by atomic mass is 10.2. The summed E-state index contributed by atoms with van der Waals surface area (Å²) in [6.45, 7) is 6.18.